The molecule has 2 rings (SSSR count). The van der Waals surface area contributed by atoms with Gasteiger partial charge in [-0.05, 0) is 60.2 Å². The lowest BCUT2D eigenvalue weighted by atomic mass is 9.97. The smallest absolute Gasteiger partial charge is 0.0447 e. The Morgan fingerprint density at radius 3 is 2.50 bits per heavy atom. The second-order valence-electron chi connectivity index (χ2n) is 6.73. The lowest BCUT2D eigenvalue weighted by Crippen LogP contribution is -2.03. The molecule has 1 N–H and O–H groups in total. The first-order valence-electron chi connectivity index (χ1n) is 9.64. The molecule has 0 saturated heterocycles. The van der Waals surface area contributed by atoms with Crippen molar-refractivity contribution < 1.29 is 0 Å². The first-order chi connectivity index (χ1) is 13.6. The van der Waals surface area contributed by atoms with Gasteiger partial charge in [0, 0.05) is 24.1 Å². The number of hydrogen-bond acceptors (Lipinski definition) is 2. The summed E-state index contributed by atoms with van der Waals surface area (Å²) < 4.78 is 0. The van der Waals surface area contributed by atoms with E-state index < -0.39 is 0 Å². The van der Waals surface area contributed by atoms with Crippen molar-refractivity contribution in [1.82, 2.24) is 4.98 Å². The van der Waals surface area contributed by atoms with Gasteiger partial charge in [-0.25, -0.2) is 0 Å². The van der Waals surface area contributed by atoms with E-state index in [9.17, 15) is 0 Å². The van der Waals surface area contributed by atoms with E-state index in [0.717, 1.165) is 41.9 Å². The largest absolute Gasteiger partial charge is 0.381 e. The number of nitrogens with zero attached hydrogens (tertiary/aromatic N) is 1. The van der Waals surface area contributed by atoms with Gasteiger partial charge in [0.2, 0.25) is 0 Å². The van der Waals surface area contributed by atoms with Crippen LogP contribution in [0.3, 0.4) is 0 Å². The highest BCUT2D eigenvalue weighted by molar-refractivity contribution is 5.69. The minimum absolute atomic E-state index is 0.731. The van der Waals surface area contributed by atoms with E-state index in [1.54, 1.807) is 6.08 Å². The number of anilines is 1. The van der Waals surface area contributed by atoms with Gasteiger partial charge < -0.3 is 5.32 Å². The molecule has 2 nitrogen and oxygen atoms in total. The van der Waals surface area contributed by atoms with Gasteiger partial charge in [0.25, 0.3) is 0 Å². The SMILES string of the molecule is C=C/C=C(\C=C)CNc1ccc(CC(=C)/C=C(\CC)c2cccnc2C)cc1. The van der Waals surface area contributed by atoms with Crippen LogP contribution >= 0.6 is 0 Å². The number of pyridine rings is 1. The summed E-state index contributed by atoms with van der Waals surface area (Å²) >= 11 is 0. The number of rotatable bonds is 10. The number of hydrogen-bond donors (Lipinski definition) is 1. The highest BCUT2D eigenvalue weighted by Crippen LogP contribution is 2.23. The topological polar surface area (TPSA) is 24.9 Å². The summed E-state index contributed by atoms with van der Waals surface area (Å²) in [4.78, 5) is 4.40. The fourth-order valence-corrected chi connectivity index (χ4v) is 3.05. The van der Waals surface area contributed by atoms with E-state index in [2.05, 4.69) is 80.3 Å². The molecule has 1 aromatic heterocycles. The van der Waals surface area contributed by atoms with Crippen molar-refractivity contribution in [3.63, 3.8) is 0 Å². The van der Waals surface area contributed by atoms with Crippen LogP contribution in [0.4, 0.5) is 5.69 Å². The number of aromatic nitrogens is 1. The molecule has 2 aromatic rings. The van der Waals surface area contributed by atoms with Gasteiger partial charge in [-0.1, -0.05) is 74.7 Å². The molecular weight excluding hydrogens is 340 g/mol. The molecule has 0 amide bonds. The average molecular weight is 371 g/mol. The summed E-state index contributed by atoms with van der Waals surface area (Å²) in [6.07, 6.45) is 11.4. The Labute approximate surface area is 169 Å². The van der Waals surface area contributed by atoms with Gasteiger partial charge in [0.1, 0.15) is 0 Å². The van der Waals surface area contributed by atoms with Crippen LogP contribution in [0.25, 0.3) is 5.57 Å². The molecule has 0 unspecified atom stereocenters. The zero-order valence-electron chi connectivity index (χ0n) is 17.0. The summed E-state index contributed by atoms with van der Waals surface area (Å²) in [6, 6.07) is 12.6. The Morgan fingerprint density at radius 1 is 1.14 bits per heavy atom. The average Bonchev–Trinajstić information content (AvgIpc) is 2.71. The van der Waals surface area contributed by atoms with Crippen molar-refractivity contribution >= 4 is 11.3 Å². The Morgan fingerprint density at radius 2 is 1.89 bits per heavy atom. The zero-order valence-corrected chi connectivity index (χ0v) is 17.0. The molecule has 0 spiro atoms. The zero-order chi connectivity index (χ0) is 20.4. The molecule has 0 aliphatic rings. The highest BCUT2D eigenvalue weighted by atomic mass is 14.9. The Balaban J connectivity index is 2.02. The molecule has 0 atom stereocenters. The van der Waals surface area contributed by atoms with Crippen molar-refractivity contribution in [2.75, 3.05) is 11.9 Å². The molecule has 0 bridgehead atoms. The number of allylic oxidation sites excluding steroid dienone is 5. The summed E-state index contributed by atoms with van der Waals surface area (Å²) in [6.45, 7) is 16.8. The van der Waals surface area contributed by atoms with Crippen molar-refractivity contribution in [3.8, 4) is 0 Å². The molecular formula is C26H30N2. The van der Waals surface area contributed by atoms with Gasteiger partial charge in [-0.2, -0.15) is 0 Å². The van der Waals surface area contributed by atoms with Crippen molar-refractivity contribution in [1.29, 1.82) is 0 Å². The lowest BCUT2D eigenvalue weighted by Gasteiger charge is -2.10. The minimum Gasteiger partial charge on any atom is -0.381 e. The van der Waals surface area contributed by atoms with E-state index >= 15 is 0 Å². The number of aryl methyl sites for hydroxylation is 1. The third-order valence-corrected chi connectivity index (χ3v) is 4.59. The maximum atomic E-state index is 4.40. The number of nitrogens with one attached hydrogen (secondary N) is 1. The Kier molecular flexibility index (Phi) is 8.23. The van der Waals surface area contributed by atoms with E-state index in [1.807, 2.05) is 24.4 Å². The maximum absolute atomic E-state index is 4.40. The summed E-state index contributed by atoms with van der Waals surface area (Å²) in [5.74, 6) is 0. The van der Waals surface area contributed by atoms with E-state index in [0.29, 0.717) is 0 Å². The Bertz CT molecular complexity index is 883. The Hall–Kier alpha value is -3.13. The molecule has 144 valence electrons. The van der Waals surface area contributed by atoms with Crippen LogP contribution in [0.1, 0.15) is 30.2 Å². The molecule has 28 heavy (non-hydrogen) atoms. The van der Waals surface area contributed by atoms with Crippen molar-refractivity contribution in [2.24, 2.45) is 0 Å². The van der Waals surface area contributed by atoms with Crippen LogP contribution in [0, 0.1) is 6.92 Å². The molecule has 0 fully saturated rings. The first kappa shape index (κ1) is 21.2. The molecule has 0 aliphatic heterocycles. The monoisotopic (exact) mass is 370 g/mol. The van der Waals surface area contributed by atoms with Gasteiger partial charge in [-0.3, -0.25) is 4.98 Å². The van der Waals surface area contributed by atoms with Crippen LogP contribution in [0.2, 0.25) is 0 Å². The second-order valence-corrected chi connectivity index (χ2v) is 6.73. The number of benzene rings is 1. The molecule has 2 heteroatoms. The molecule has 0 saturated carbocycles. The van der Waals surface area contributed by atoms with E-state index in [1.165, 1.54) is 16.7 Å². The summed E-state index contributed by atoms with van der Waals surface area (Å²) in [5.41, 5.74) is 8.08. The first-order valence-corrected chi connectivity index (χ1v) is 9.64. The predicted molar refractivity (Wildman–Crippen MR) is 123 cm³/mol. The fourth-order valence-electron chi connectivity index (χ4n) is 3.05. The molecule has 1 heterocycles. The lowest BCUT2D eigenvalue weighted by molar-refractivity contribution is 1.14. The van der Waals surface area contributed by atoms with E-state index in [-0.39, 0.29) is 0 Å². The maximum Gasteiger partial charge on any atom is 0.0447 e. The standard InChI is InChI=1S/C26H30N2/c1-6-10-22(7-2)19-28-25-14-12-23(13-15-25)17-20(4)18-24(8-3)26-11-9-16-27-21(26)5/h6-7,9-16,18,28H,1-2,4,8,17,19H2,3,5H3/b22-10+,24-18+. The van der Waals surface area contributed by atoms with Crippen LogP contribution in [0.15, 0.2) is 97.8 Å². The van der Waals surface area contributed by atoms with Crippen LogP contribution in [-0.4, -0.2) is 11.5 Å². The quantitative estimate of drug-likeness (QED) is 0.471. The third-order valence-electron chi connectivity index (χ3n) is 4.59. The molecule has 0 radical (unpaired) electrons. The molecule has 0 aliphatic carbocycles. The van der Waals surface area contributed by atoms with Gasteiger partial charge in [-0.15, -0.1) is 0 Å². The summed E-state index contributed by atoms with van der Waals surface area (Å²) in [7, 11) is 0. The van der Waals surface area contributed by atoms with Crippen LogP contribution < -0.4 is 5.32 Å². The normalized spacial score (nSPS) is 11.8. The van der Waals surface area contributed by atoms with Gasteiger partial charge in [0.15, 0.2) is 0 Å². The minimum atomic E-state index is 0.731. The van der Waals surface area contributed by atoms with Crippen molar-refractivity contribution in [2.45, 2.75) is 26.7 Å². The fraction of sp³-hybridized carbons (Fsp3) is 0.192. The van der Waals surface area contributed by atoms with Gasteiger partial charge >= 0.3 is 0 Å². The molecule has 1 aromatic carbocycles. The van der Waals surface area contributed by atoms with Crippen molar-refractivity contribution in [3.05, 3.63) is 115 Å². The van der Waals surface area contributed by atoms with Gasteiger partial charge in [0.05, 0.1) is 0 Å². The third kappa shape index (κ3) is 6.24. The van der Waals surface area contributed by atoms with Crippen LogP contribution in [-0.2, 0) is 6.42 Å². The van der Waals surface area contributed by atoms with Crippen LogP contribution in [0.5, 0.6) is 0 Å². The van der Waals surface area contributed by atoms with E-state index in [4.69, 9.17) is 0 Å². The second kappa shape index (κ2) is 10.9. The highest BCUT2D eigenvalue weighted by Gasteiger charge is 2.05. The summed E-state index contributed by atoms with van der Waals surface area (Å²) in [5, 5.41) is 3.40. The predicted octanol–water partition coefficient (Wildman–Crippen LogP) is 6.69.